The van der Waals surface area contributed by atoms with Gasteiger partial charge in [0, 0.05) is 12.5 Å². The van der Waals surface area contributed by atoms with Crippen LogP contribution in [0, 0.1) is 5.41 Å². The molecule has 2 aliphatic rings. The Hall–Kier alpha value is -4.05. The quantitative estimate of drug-likeness (QED) is 0.162. The van der Waals surface area contributed by atoms with Crippen LogP contribution in [0.3, 0.4) is 0 Å². The van der Waals surface area contributed by atoms with Gasteiger partial charge in [-0.25, -0.2) is 9.63 Å². The summed E-state index contributed by atoms with van der Waals surface area (Å²) < 4.78 is 12.5. The SMILES string of the molecule is O=C(OCc1ccc(CON(O)O)cc1)N1CC[C@H](c2cccc(-c3ccccc3)c2)C(OCC2(Cc3ccccc3)CC2)C1. The summed E-state index contributed by atoms with van der Waals surface area (Å²) in [5.41, 5.74) is 6.66. The number of likely N-dealkylation sites (tertiary alicyclic amines) is 1. The molecule has 0 bridgehead atoms. The molecule has 1 aliphatic heterocycles. The third kappa shape index (κ3) is 8.36. The molecule has 6 rings (SSSR count). The van der Waals surface area contributed by atoms with Gasteiger partial charge in [0.15, 0.2) is 0 Å². The van der Waals surface area contributed by atoms with Crippen molar-refractivity contribution in [3.63, 3.8) is 0 Å². The number of ether oxygens (including phenoxy) is 2. The molecule has 1 heterocycles. The van der Waals surface area contributed by atoms with Gasteiger partial charge in [-0.15, -0.1) is 0 Å². The van der Waals surface area contributed by atoms with E-state index in [-0.39, 0.29) is 42.1 Å². The van der Waals surface area contributed by atoms with Gasteiger partial charge in [-0.2, -0.15) is 0 Å². The summed E-state index contributed by atoms with van der Waals surface area (Å²) in [5, 5.41) is 17.1. The molecule has 0 spiro atoms. The van der Waals surface area contributed by atoms with E-state index in [4.69, 9.17) is 19.9 Å². The van der Waals surface area contributed by atoms with Crippen LogP contribution in [0.1, 0.15) is 47.4 Å². The van der Waals surface area contributed by atoms with Crippen molar-refractivity contribution in [1.82, 2.24) is 10.3 Å². The fraction of sp³-hybridized carbons (Fsp3) is 0.324. The Labute approximate surface area is 264 Å². The number of rotatable bonds is 12. The molecule has 1 aliphatic carbocycles. The molecule has 45 heavy (non-hydrogen) atoms. The fourth-order valence-electron chi connectivity index (χ4n) is 6.17. The minimum atomic E-state index is -0.353. The van der Waals surface area contributed by atoms with Crippen molar-refractivity contribution in [1.29, 1.82) is 0 Å². The summed E-state index contributed by atoms with van der Waals surface area (Å²) in [4.78, 5) is 19.7. The molecule has 1 saturated carbocycles. The number of piperidine rings is 1. The van der Waals surface area contributed by atoms with Gasteiger partial charge in [-0.3, -0.25) is 10.4 Å². The molecule has 1 amide bonds. The Bertz CT molecular complexity index is 1530. The van der Waals surface area contributed by atoms with Crippen molar-refractivity contribution in [2.24, 2.45) is 5.41 Å². The number of benzene rings is 4. The molecule has 2 fully saturated rings. The predicted octanol–water partition coefficient (Wildman–Crippen LogP) is 7.40. The van der Waals surface area contributed by atoms with Gasteiger partial charge in [0.05, 0.1) is 31.3 Å². The second-order valence-corrected chi connectivity index (χ2v) is 12.2. The summed E-state index contributed by atoms with van der Waals surface area (Å²) in [5.74, 6) is 0.161. The van der Waals surface area contributed by atoms with Crippen LogP contribution >= 0.6 is 0 Å². The normalized spacial score (nSPS) is 19.0. The lowest BCUT2D eigenvalue weighted by Gasteiger charge is -2.39. The molecule has 2 N–H and O–H groups in total. The Morgan fingerprint density at radius 2 is 1.47 bits per heavy atom. The largest absolute Gasteiger partial charge is 0.445 e. The van der Waals surface area contributed by atoms with Crippen LogP contribution in [0.2, 0.25) is 0 Å². The van der Waals surface area contributed by atoms with E-state index in [1.54, 1.807) is 17.0 Å². The molecule has 0 aromatic heterocycles. The number of nitrogens with zero attached hydrogens (tertiary/aromatic N) is 2. The molecule has 234 valence electrons. The van der Waals surface area contributed by atoms with E-state index in [1.807, 2.05) is 18.2 Å². The topological polar surface area (TPSA) is 91.7 Å². The highest BCUT2D eigenvalue weighted by Gasteiger charge is 2.44. The Morgan fingerprint density at radius 3 is 2.16 bits per heavy atom. The lowest BCUT2D eigenvalue weighted by Crippen LogP contribution is -2.47. The number of carbonyl (C=O) groups excluding carboxylic acids is 1. The number of carbonyl (C=O) groups is 1. The van der Waals surface area contributed by atoms with Gasteiger partial charge >= 0.3 is 6.09 Å². The maximum atomic E-state index is 13.3. The van der Waals surface area contributed by atoms with E-state index in [0.29, 0.717) is 19.7 Å². The van der Waals surface area contributed by atoms with Crippen molar-refractivity contribution in [2.45, 2.75) is 50.9 Å². The zero-order valence-corrected chi connectivity index (χ0v) is 25.3. The summed E-state index contributed by atoms with van der Waals surface area (Å²) in [7, 11) is 0. The zero-order chi connectivity index (χ0) is 31.1. The van der Waals surface area contributed by atoms with Crippen LogP contribution in [0.15, 0.2) is 109 Å². The van der Waals surface area contributed by atoms with Crippen molar-refractivity contribution in [3.05, 3.63) is 131 Å². The van der Waals surface area contributed by atoms with Crippen LogP contribution in [0.4, 0.5) is 4.79 Å². The van der Waals surface area contributed by atoms with Crippen LogP contribution in [-0.4, -0.2) is 52.6 Å². The Kier molecular flexibility index (Phi) is 9.88. The first-order valence-electron chi connectivity index (χ1n) is 15.6. The Morgan fingerprint density at radius 1 is 0.800 bits per heavy atom. The van der Waals surface area contributed by atoms with Gasteiger partial charge in [0.2, 0.25) is 0 Å². The smallest absolute Gasteiger partial charge is 0.410 e. The minimum Gasteiger partial charge on any atom is -0.445 e. The predicted molar refractivity (Wildman–Crippen MR) is 169 cm³/mol. The van der Waals surface area contributed by atoms with E-state index in [9.17, 15) is 4.79 Å². The standard InChI is InChI=1S/C37H40N2O6/c40-36(43-25-29-14-16-30(17-15-29)26-45-39(41)42)38-21-18-34(33-13-7-12-32(22-33)31-10-5-2-6-11-31)35(24-38)44-27-37(19-20-37)23-28-8-3-1-4-9-28/h1-17,22,34-35,41-42H,18-21,23-27H2/t34-,35?/m1/s1. The maximum Gasteiger partial charge on any atom is 0.410 e. The molecule has 1 saturated heterocycles. The minimum absolute atomic E-state index is 0.00426. The van der Waals surface area contributed by atoms with Crippen molar-refractivity contribution >= 4 is 6.09 Å². The first-order chi connectivity index (χ1) is 22.0. The average molecular weight is 609 g/mol. The highest BCUT2D eigenvalue weighted by molar-refractivity contribution is 5.68. The third-order valence-corrected chi connectivity index (χ3v) is 8.95. The second-order valence-electron chi connectivity index (χ2n) is 12.2. The van der Waals surface area contributed by atoms with Crippen molar-refractivity contribution < 1.29 is 29.5 Å². The molecule has 1 unspecified atom stereocenters. The van der Waals surface area contributed by atoms with Crippen LogP contribution in [0.5, 0.6) is 0 Å². The van der Waals surface area contributed by atoms with Crippen LogP contribution < -0.4 is 0 Å². The first kappa shape index (κ1) is 31.0. The van der Waals surface area contributed by atoms with Crippen LogP contribution in [0.25, 0.3) is 11.1 Å². The summed E-state index contributed by atoms with van der Waals surface area (Å²) in [6.45, 7) is 1.87. The molecular weight excluding hydrogens is 568 g/mol. The molecule has 8 heteroatoms. The Balaban J connectivity index is 1.13. The number of amides is 1. The summed E-state index contributed by atoms with van der Waals surface area (Å²) >= 11 is 0. The first-order valence-corrected chi connectivity index (χ1v) is 15.6. The van der Waals surface area contributed by atoms with Crippen LogP contribution in [-0.2, 0) is 33.9 Å². The molecule has 4 aromatic carbocycles. The van der Waals surface area contributed by atoms with Gasteiger partial charge < -0.3 is 14.4 Å². The highest BCUT2D eigenvalue weighted by atomic mass is 17.1. The molecule has 0 radical (unpaired) electrons. The van der Waals surface area contributed by atoms with Gasteiger partial charge in [-0.05, 0) is 64.5 Å². The number of hydrogen-bond acceptors (Lipinski definition) is 7. The number of hydrogen-bond donors (Lipinski definition) is 2. The van der Waals surface area contributed by atoms with Gasteiger partial charge in [0.25, 0.3) is 0 Å². The molecule has 2 atom stereocenters. The fourth-order valence-corrected chi connectivity index (χ4v) is 6.17. The molecule has 4 aromatic rings. The van der Waals surface area contributed by atoms with Crippen molar-refractivity contribution in [2.75, 3.05) is 19.7 Å². The van der Waals surface area contributed by atoms with Crippen molar-refractivity contribution in [3.8, 4) is 11.1 Å². The average Bonchev–Trinajstić information content (AvgIpc) is 3.85. The van der Waals surface area contributed by atoms with Gasteiger partial charge in [0.1, 0.15) is 6.61 Å². The van der Waals surface area contributed by atoms with E-state index in [1.165, 1.54) is 22.3 Å². The highest BCUT2D eigenvalue weighted by Crippen LogP contribution is 2.49. The molecular formula is C37H40N2O6. The monoisotopic (exact) mass is 608 g/mol. The lowest BCUT2D eigenvalue weighted by atomic mass is 9.85. The molecule has 8 nitrogen and oxygen atoms in total. The zero-order valence-electron chi connectivity index (χ0n) is 25.3. The summed E-state index contributed by atoms with van der Waals surface area (Å²) in [6.07, 6.45) is 3.58. The van der Waals surface area contributed by atoms with E-state index in [2.05, 4.69) is 83.7 Å². The summed E-state index contributed by atoms with van der Waals surface area (Å²) in [6, 6.07) is 37.0. The lowest BCUT2D eigenvalue weighted by molar-refractivity contribution is -0.497. The van der Waals surface area contributed by atoms with Gasteiger partial charge in [-0.1, -0.05) is 109 Å². The maximum absolute atomic E-state index is 13.3. The van der Waals surface area contributed by atoms with E-state index < -0.39 is 0 Å². The van der Waals surface area contributed by atoms with E-state index in [0.717, 1.165) is 36.8 Å². The third-order valence-electron chi connectivity index (χ3n) is 8.95. The van der Waals surface area contributed by atoms with E-state index >= 15 is 0 Å². The second kappa shape index (κ2) is 14.4.